The Kier molecular flexibility index (Phi) is 65.8. The predicted octanol–water partition coefficient (Wildman–Crippen LogP) is 23.9. The third kappa shape index (κ3) is 66.6. The van der Waals surface area contributed by atoms with Gasteiger partial charge in [-0.05, 0) is 128 Å². The molecule has 82 heavy (non-hydrogen) atoms. The predicted molar refractivity (Wildman–Crippen MR) is 357 cm³/mol. The van der Waals surface area contributed by atoms with E-state index in [0.29, 0.717) is 19.3 Å². The third-order valence-electron chi connectivity index (χ3n) is 14.7. The van der Waals surface area contributed by atoms with Gasteiger partial charge in [0.1, 0.15) is 13.2 Å². The molecule has 0 aliphatic rings. The second-order valence-corrected chi connectivity index (χ2v) is 22.7. The van der Waals surface area contributed by atoms with Crippen molar-refractivity contribution in [3.63, 3.8) is 0 Å². The number of rotatable bonds is 62. The SMILES string of the molecule is CC/C=C\C/C=C\C/C=C\C/C=C\C/C=C\CCCCCCCCCCCC(=O)OCC(COC(=O)CCCCCCCCC/C=C\CCCCCCCCC)OC(=O)CCCCCCCCCC/C=C\C/C=C\C/C=C\C/C=C\CC. The molecule has 0 bridgehead atoms. The summed E-state index contributed by atoms with van der Waals surface area (Å²) in [5.41, 5.74) is 0. The fourth-order valence-electron chi connectivity index (χ4n) is 9.57. The minimum absolute atomic E-state index is 0.0863. The van der Waals surface area contributed by atoms with Crippen molar-refractivity contribution in [3.8, 4) is 0 Å². The third-order valence-corrected chi connectivity index (χ3v) is 14.7. The molecule has 0 radical (unpaired) electrons. The first-order valence-electron chi connectivity index (χ1n) is 34.5. The molecule has 0 aromatic heterocycles. The van der Waals surface area contributed by atoms with E-state index in [1.54, 1.807) is 0 Å². The lowest BCUT2D eigenvalue weighted by molar-refractivity contribution is -0.167. The first kappa shape index (κ1) is 77.8. The average molecular weight is 1140 g/mol. The van der Waals surface area contributed by atoms with Crippen LogP contribution in [-0.2, 0) is 28.6 Å². The highest BCUT2D eigenvalue weighted by molar-refractivity contribution is 5.71. The molecule has 0 rings (SSSR count). The van der Waals surface area contributed by atoms with Gasteiger partial charge in [-0.15, -0.1) is 0 Å². The van der Waals surface area contributed by atoms with Crippen molar-refractivity contribution >= 4 is 17.9 Å². The van der Waals surface area contributed by atoms with Gasteiger partial charge in [-0.1, -0.05) is 296 Å². The van der Waals surface area contributed by atoms with Gasteiger partial charge in [0.05, 0.1) is 0 Å². The number of hydrogen-bond acceptors (Lipinski definition) is 6. The second-order valence-electron chi connectivity index (χ2n) is 22.7. The van der Waals surface area contributed by atoms with Crippen LogP contribution in [0.2, 0.25) is 0 Å². The molecule has 6 nitrogen and oxygen atoms in total. The van der Waals surface area contributed by atoms with E-state index in [9.17, 15) is 14.4 Å². The molecule has 6 heteroatoms. The summed E-state index contributed by atoms with van der Waals surface area (Å²) in [6.07, 6.45) is 96.3. The van der Waals surface area contributed by atoms with Crippen LogP contribution in [-0.4, -0.2) is 37.2 Å². The van der Waals surface area contributed by atoms with Crippen LogP contribution in [0.25, 0.3) is 0 Å². The smallest absolute Gasteiger partial charge is 0.306 e. The summed E-state index contributed by atoms with van der Waals surface area (Å²) < 4.78 is 17.0. The molecule has 1 unspecified atom stereocenters. The number of carbonyl (C=O) groups excluding carboxylic acids is 3. The summed E-state index contributed by atoms with van der Waals surface area (Å²) in [6.45, 7) is 6.43. The molecular weight excluding hydrogens is 1010 g/mol. The summed E-state index contributed by atoms with van der Waals surface area (Å²) in [6, 6.07) is 0. The summed E-state index contributed by atoms with van der Waals surface area (Å²) in [5, 5.41) is 0. The number of carbonyl (C=O) groups is 3. The maximum Gasteiger partial charge on any atom is 0.306 e. The Hall–Kier alpha value is -4.19. The molecule has 0 spiro atoms. The van der Waals surface area contributed by atoms with E-state index in [4.69, 9.17) is 14.2 Å². The Morgan fingerprint density at radius 2 is 0.476 bits per heavy atom. The second kappa shape index (κ2) is 69.3. The number of unbranched alkanes of at least 4 members (excludes halogenated alkanes) is 31. The maximum atomic E-state index is 13.0. The van der Waals surface area contributed by atoms with Crippen molar-refractivity contribution in [3.05, 3.63) is 122 Å². The van der Waals surface area contributed by atoms with Crippen molar-refractivity contribution in [1.29, 1.82) is 0 Å². The fourth-order valence-corrected chi connectivity index (χ4v) is 9.57. The van der Waals surface area contributed by atoms with Crippen LogP contribution in [0.3, 0.4) is 0 Å². The molecule has 0 saturated carbocycles. The number of esters is 3. The van der Waals surface area contributed by atoms with Gasteiger partial charge in [-0.25, -0.2) is 0 Å². The quantitative estimate of drug-likeness (QED) is 0.0261. The van der Waals surface area contributed by atoms with E-state index in [2.05, 4.69) is 142 Å². The van der Waals surface area contributed by atoms with Crippen molar-refractivity contribution in [1.82, 2.24) is 0 Å². The monoisotopic (exact) mass is 1140 g/mol. The van der Waals surface area contributed by atoms with Crippen LogP contribution in [0, 0.1) is 0 Å². The highest BCUT2D eigenvalue weighted by atomic mass is 16.6. The number of hydrogen-bond donors (Lipinski definition) is 0. The van der Waals surface area contributed by atoms with E-state index in [-0.39, 0.29) is 31.1 Å². The first-order valence-corrected chi connectivity index (χ1v) is 34.5. The Balaban J connectivity index is 4.41. The molecule has 0 heterocycles. The van der Waals surface area contributed by atoms with E-state index in [0.717, 1.165) is 128 Å². The molecule has 0 N–H and O–H groups in total. The molecule has 0 fully saturated rings. The lowest BCUT2D eigenvalue weighted by Crippen LogP contribution is -2.30. The molecule has 468 valence electrons. The molecular formula is C76H128O6. The van der Waals surface area contributed by atoms with E-state index in [1.807, 2.05) is 0 Å². The molecule has 0 aliphatic carbocycles. The van der Waals surface area contributed by atoms with Gasteiger partial charge in [0.15, 0.2) is 6.10 Å². The van der Waals surface area contributed by atoms with Crippen molar-refractivity contribution in [2.24, 2.45) is 0 Å². The Labute approximate surface area is 507 Å². The minimum atomic E-state index is -0.792. The lowest BCUT2D eigenvalue weighted by Gasteiger charge is -2.18. The normalized spacial score (nSPS) is 12.9. The molecule has 0 amide bonds. The van der Waals surface area contributed by atoms with Crippen LogP contribution in [0.5, 0.6) is 0 Å². The molecule has 0 saturated heterocycles. The fraction of sp³-hybridized carbons (Fsp3) is 0.697. The van der Waals surface area contributed by atoms with Crippen LogP contribution >= 0.6 is 0 Å². The van der Waals surface area contributed by atoms with Crippen molar-refractivity contribution < 1.29 is 28.6 Å². The average Bonchev–Trinajstić information content (AvgIpc) is 3.47. The molecule has 0 aromatic carbocycles. The Morgan fingerprint density at radius 3 is 0.756 bits per heavy atom. The summed E-state index contributed by atoms with van der Waals surface area (Å²) in [4.78, 5) is 38.5. The van der Waals surface area contributed by atoms with Crippen LogP contribution in [0.15, 0.2) is 122 Å². The van der Waals surface area contributed by atoms with Gasteiger partial charge in [-0.2, -0.15) is 0 Å². The van der Waals surface area contributed by atoms with Crippen LogP contribution in [0.1, 0.15) is 323 Å². The van der Waals surface area contributed by atoms with Gasteiger partial charge in [0, 0.05) is 19.3 Å². The first-order chi connectivity index (χ1) is 40.5. The van der Waals surface area contributed by atoms with E-state index in [1.165, 1.54) is 154 Å². The zero-order valence-corrected chi connectivity index (χ0v) is 53.7. The van der Waals surface area contributed by atoms with Gasteiger partial charge >= 0.3 is 17.9 Å². The molecule has 1 atom stereocenters. The van der Waals surface area contributed by atoms with Gasteiger partial charge < -0.3 is 14.2 Å². The Bertz CT molecular complexity index is 1690. The van der Waals surface area contributed by atoms with Gasteiger partial charge in [-0.3, -0.25) is 14.4 Å². The minimum Gasteiger partial charge on any atom is -0.462 e. The lowest BCUT2D eigenvalue weighted by atomic mass is 10.1. The van der Waals surface area contributed by atoms with E-state index >= 15 is 0 Å². The summed E-state index contributed by atoms with van der Waals surface area (Å²) in [7, 11) is 0. The zero-order valence-electron chi connectivity index (χ0n) is 53.7. The largest absolute Gasteiger partial charge is 0.462 e. The van der Waals surface area contributed by atoms with E-state index < -0.39 is 6.10 Å². The van der Waals surface area contributed by atoms with Gasteiger partial charge in [0.25, 0.3) is 0 Å². The standard InChI is InChI=1S/C76H128O6/c1-4-7-10-13-16-19-22-25-28-31-34-36-37-38-39-41-42-45-48-51-54-57-60-63-66-69-75(78)81-72-73(71-80-74(77)68-65-62-59-56-53-50-47-44-33-30-27-24-21-18-15-12-9-6-3)82-76(79)70-67-64-61-58-55-52-49-46-43-40-35-32-29-26-23-20-17-14-11-8-5-2/h7-8,10-11,16-17,19-20,25-26,28-30,33-36,38-40,73H,4-6,9,12-15,18,21-24,27,31-32,37,41-72H2,1-3H3/b10-7-,11-8-,19-16-,20-17-,28-25-,29-26-,33-30-,36-34-,39-38-,40-35-. The van der Waals surface area contributed by atoms with Crippen LogP contribution < -0.4 is 0 Å². The topological polar surface area (TPSA) is 78.9 Å². The van der Waals surface area contributed by atoms with Gasteiger partial charge in [0.2, 0.25) is 0 Å². The highest BCUT2D eigenvalue weighted by Gasteiger charge is 2.19. The van der Waals surface area contributed by atoms with Crippen molar-refractivity contribution in [2.75, 3.05) is 13.2 Å². The van der Waals surface area contributed by atoms with Crippen molar-refractivity contribution in [2.45, 2.75) is 329 Å². The number of ether oxygens (including phenoxy) is 3. The highest BCUT2D eigenvalue weighted by Crippen LogP contribution is 2.16. The zero-order chi connectivity index (χ0) is 59.2. The molecule has 0 aliphatic heterocycles. The maximum absolute atomic E-state index is 13.0. The molecule has 0 aromatic rings. The summed E-state index contributed by atoms with van der Waals surface area (Å²) >= 11 is 0. The number of allylic oxidation sites excluding steroid dienone is 20. The van der Waals surface area contributed by atoms with Crippen LogP contribution in [0.4, 0.5) is 0 Å². The Morgan fingerprint density at radius 1 is 0.256 bits per heavy atom. The summed E-state index contributed by atoms with van der Waals surface area (Å²) in [5.74, 6) is -0.894.